The molecule has 1 aliphatic heterocycles. The molecule has 64 valence electrons. The lowest BCUT2D eigenvalue weighted by molar-refractivity contribution is 0.163. The Bertz CT molecular complexity index is 201. The van der Waals surface area contributed by atoms with Gasteiger partial charge in [0.2, 0.25) is 0 Å². The van der Waals surface area contributed by atoms with E-state index in [2.05, 4.69) is 20.8 Å². The van der Waals surface area contributed by atoms with Crippen molar-refractivity contribution in [3.05, 3.63) is 11.2 Å². The lowest BCUT2D eigenvalue weighted by Gasteiger charge is -2.25. The molecular weight excluding hydrogens is 160 g/mol. The number of rotatable bonds is 0. The first-order valence-electron chi connectivity index (χ1n) is 3.72. The van der Waals surface area contributed by atoms with E-state index in [-0.39, 0.29) is 5.41 Å². The zero-order chi connectivity index (χ0) is 8.48. The van der Waals surface area contributed by atoms with Crippen molar-refractivity contribution >= 4 is 10.8 Å². The predicted octanol–water partition coefficient (Wildman–Crippen LogP) is 1.65. The standard InChI is InChI=1S/C8H14O2S/c1-8(2,3)7-6-11(9)5-4-10-7/h6H,4-5H2,1-3H3. The average Bonchev–Trinajstić information content (AvgIpc) is 1.86. The summed E-state index contributed by atoms with van der Waals surface area (Å²) in [6.07, 6.45) is 0. The lowest BCUT2D eigenvalue weighted by Crippen LogP contribution is -2.20. The first-order valence-corrected chi connectivity index (χ1v) is 5.10. The third-order valence-electron chi connectivity index (χ3n) is 1.52. The monoisotopic (exact) mass is 174 g/mol. The Morgan fingerprint density at radius 1 is 1.55 bits per heavy atom. The second-order valence-corrected chi connectivity index (χ2v) is 5.07. The van der Waals surface area contributed by atoms with Crippen LogP contribution in [0.2, 0.25) is 0 Å². The Morgan fingerprint density at radius 2 is 2.18 bits per heavy atom. The number of hydrogen-bond donors (Lipinski definition) is 0. The molecule has 1 aliphatic rings. The molecule has 0 radical (unpaired) electrons. The van der Waals surface area contributed by atoms with Gasteiger partial charge in [0.15, 0.2) is 0 Å². The summed E-state index contributed by atoms with van der Waals surface area (Å²) >= 11 is 0. The molecule has 0 saturated heterocycles. The van der Waals surface area contributed by atoms with E-state index in [1.807, 2.05) is 0 Å². The quantitative estimate of drug-likeness (QED) is 0.558. The summed E-state index contributed by atoms with van der Waals surface area (Å²) < 4.78 is 16.5. The minimum absolute atomic E-state index is 0.00389. The molecule has 0 aliphatic carbocycles. The molecule has 0 fully saturated rings. The molecular formula is C8H14O2S. The zero-order valence-corrected chi connectivity index (χ0v) is 8.03. The van der Waals surface area contributed by atoms with Crippen LogP contribution in [0.4, 0.5) is 0 Å². The van der Waals surface area contributed by atoms with E-state index in [9.17, 15) is 4.21 Å². The van der Waals surface area contributed by atoms with Gasteiger partial charge in [0.05, 0.1) is 23.2 Å². The SMILES string of the molecule is CC(C)(C)C1=CS(=O)CCO1. The second-order valence-electron chi connectivity index (χ2n) is 3.67. The van der Waals surface area contributed by atoms with Gasteiger partial charge in [0.25, 0.3) is 0 Å². The number of allylic oxidation sites excluding steroid dienone is 1. The molecule has 1 unspecified atom stereocenters. The molecule has 0 aromatic carbocycles. The van der Waals surface area contributed by atoms with Crippen molar-refractivity contribution in [1.29, 1.82) is 0 Å². The Hall–Kier alpha value is -0.310. The van der Waals surface area contributed by atoms with Crippen LogP contribution in [0.15, 0.2) is 11.2 Å². The minimum atomic E-state index is -0.804. The fourth-order valence-corrected chi connectivity index (χ4v) is 1.87. The molecule has 0 amide bonds. The van der Waals surface area contributed by atoms with Gasteiger partial charge < -0.3 is 4.74 Å². The van der Waals surface area contributed by atoms with Gasteiger partial charge in [-0.25, -0.2) is 0 Å². The molecule has 0 saturated carbocycles. The van der Waals surface area contributed by atoms with E-state index in [0.29, 0.717) is 12.4 Å². The van der Waals surface area contributed by atoms with E-state index in [4.69, 9.17) is 4.74 Å². The molecule has 11 heavy (non-hydrogen) atoms. The molecule has 0 spiro atoms. The summed E-state index contributed by atoms with van der Waals surface area (Å²) in [6, 6.07) is 0. The molecule has 3 heteroatoms. The first-order chi connectivity index (χ1) is 5.00. The third-order valence-corrected chi connectivity index (χ3v) is 2.57. The van der Waals surface area contributed by atoms with E-state index < -0.39 is 10.8 Å². The summed E-state index contributed by atoms with van der Waals surface area (Å²) in [5, 5.41) is 1.73. The highest BCUT2D eigenvalue weighted by atomic mass is 32.2. The van der Waals surface area contributed by atoms with Gasteiger partial charge in [-0.15, -0.1) is 0 Å². The number of hydrogen-bond acceptors (Lipinski definition) is 2. The van der Waals surface area contributed by atoms with Gasteiger partial charge in [0.1, 0.15) is 5.76 Å². The highest BCUT2D eigenvalue weighted by Gasteiger charge is 2.22. The van der Waals surface area contributed by atoms with Gasteiger partial charge in [0, 0.05) is 10.8 Å². The lowest BCUT2D eigenvalue weighted by atomic mass is 9.95. The van der Waals surface area contributed by atoms with Crippen LogP contribution in [-0.2, 0) is 15.5 Å². The van der Waals surface area contributed by atoms with Gasteiger partial charge in [-0.05, 0) is 0 Å². The zero-order valence-electron chi connectivity index (χ0n) is 7.22. The van der Waals surface area contributed by atoms with Crippen molar-refractivity contribution in [3.8, 4) is 0 Å². The largest absolute Gasteiger partial charge is 0.496 e. The molecule has 0 N–H and O–H groups in total. The first kappa shape index (κ1) is 8.78. The van der Waals surface area contributed by atoms with E-state index in [1.165, 1.54) is 0 Å². The summed E-state index contributed by atoms with van der Waals surface area (Å²) in [4.78, 5) is 0. The summed E-state index contributed by atoms with van der Waals surface area (Å²) in [5.74, 6) is 1.50. The molecule has 1 atom stereocenters. The smallest absolute Gasteiger partial charge is 0.110 e. The predicted molar refractivity (Wildman–Crippen MR) is 46.5 cm³/mol. The van der Waals surface area contributed by atoms with Crippen molar-refractivity contribution in [2.24, 2.45) is 5.41 Å². The fraction of sp³-hybridized carbons (Fsp3) is 0.750. The highest BCUT2D eigenvalue weighted by molar-refractivity contribution is 7.88. The van der Waals surface area contributed by atoms with Crippen LogP contribution >= 0.6 is 0 Å². The van der Waals surface area contributed by atoms with Gasteiger partial charge in [-0.3, -0.25) is 4.21 Å². The van der Waals surface area contributed by atoms with Crippen LogP contribution in [-0.4, -0.2) is 16.6 Å². The molecule has 2 nitrogen and oxygen atoms in total. The van der Waals surface area contributed by atoms with Crippen LogP contribution in [0, 0.1) is 5.41 Å². The summed E-state index contributed by atoms with van der Waals surface area (Å²) in [7, 11) is -0.804. The molecule has 0 aromatic rings. The van der Waals surface area contributed by atoms with Crippen LogP contribution < -0.4 is 0 Å². The van der Waals surface area contributed by atoms with E-state index in [1.54, 1.807) is 5.41 Å². The topological polar surface area (TPSA) is 26.3 Å². The third kappa shape index (κ3) is 2.33. The summed E-state index contributed by atoms with van der Waals surface area (Å²) in [5.41, 5.74) is -0.00389. The normalized spacial score (nSPS) is 25.7. The second kappa shape index (κ2) is 2.97. The van der Waals surface area contributed by atoms with Crippen molar-refractivity contribution in [3.63, 3.8) is 0 Å². The maximum atomic E-state index is 11.1. The maximum absolute atomic E-state index is 11.1. The highest BCUT2D eigenvalue weighted by Crippen LogP contribution is 2.28. The maximum Gasteiger partial charge on any atom is 0.110 e. The van der Waals surface area contributed by atoms with Crippen LogP contribution in [0.25, 0.3) is 0 Å². The van der Waals surface area contributed by atoms with Crippen molar-refractivity contribution in [2.75, 3.05) is 12.4 Å². The molecule has 0 aromatic heterocycles. The van der Waals surface area contributed by atoms with Gasteiger partial charge >= 0.3 is 0 Å². The van der Waals surface area contributed by atoms with Crippen LogP contribution in [0.1, 0.15) is 20.8 Å². The molecule has 1 heterocycles. The van der Waals surface area contributed by atoms with Gasteiger partial charge in [-0.2, -0.15) is 0 Å². The van der Waals surface area contributed by atoms with Crippen LogP contribution in [0.5, 0.6) is 0 Å². The van der Waals surface area contributed by atoms with Crippen molar-refractivity contribution in [2.45, 2.75) is 20.8 Å². The van der Waals surface area contributed by atoms with E-state index >= 15 is 0 Å². The Balaban J connectivity index is 2.79. The minimum Gasteiger partial charge on any atom is -0.496 e. The van der Waals surface area contributed by atoms with Crippen molar-refractivity contribution < 1.29 is 8.95 Å². The van der Waals surface area contributed by atoms with Gasteiger partial charge in [-0.1, -0.05) is 20.8 Å². The van der Waals surface area contributed by atoms with E-state index in [0.717, 1.165) is 5.76 Å². The molecule has 0 bridgehead atoms. The van der Waals surface area contributed by atoms with Crippen molar-refractivity contribution in [1.82, 2.24) is 0 Å². The Labute approximate surface area is 70.1 Å². The Kier molecular flexibility index (Phi) is 2.37. The Morgan fingerprint density at radius 3 is 2.55 bits per heavy atom. The van der Waals surface area contributed by atoms with Crippen LogP contribution in [0.3, 0.4) is 0 Å². The average molecular weight is 174 g/mol. The summed E-state index contributed by atoms with van der Waals surface area (Å²) in [6.45, 7) is 6.76. The number of ether oxygens (including phenoxy) is 1. The molecule has 1 rings (SSSR count). The fourth-order valence-electron chi connectivity index (χ4n) is 0.839.